The summed E-state index contributed by atoms with van der Waals surface area (Å²) in [5.74, 6) is 0.460. The molecule has 1 N–H and O–H groups in total. The topological polar surface area (TPSA) is 38.3 Å². The summed E-state index contributed by atoms with van der Waals surface area (Å²) in [5, 5.41) is 3.89. The van der Waals surface area contributed by atoms with Gasteiger partial charge < -0.3 is 10.1 Å². The van der Waals surface area contributed by atoms with E-state index in [1.807, 2.05) is 0 Å². The predicted molar refractivity (Wildman–Crippen MR) is 77.0 cm³/mol. The zero-order chi connectivity index (χ0) is 13.8. The highest BCUT2D eigenvalue weighted by molar-refractivity contribution is 6.42. The zero-order valence-corrected chi connectivity index (χ0v) is 12.3. The van der Waals surface area contributed by atoms with Crippen molar-refractivity contribution in [1.82, 2.24) is 5.32 Å². The Labute approximate surface area is 123 Å². The maximum Gasteiger partial charge on any atom is 0.260 e. The summed E-state index contributed by atoms with van der Waals surface area (Å²) in [6.45, 7) is 1.73. The molecule has 104 valence electrons. The molecule has 1 amide bonds. The number of hydrogen-bond donors (Lipinski definition) is 1. The SMILES string of the molecule is C[C@H](Oc1ccc(Cl)c(Cl)c1)C(=O)NC1CCCC1. The molecule has 0 aromatic heterocycles. The minimum absolute atomic E-state index is 0.0852. The molecule has 1 aliphatic carbocycles. The van der Waals surface area contributed by atoms with Gasteiger partial charge >= 0.3 is 0 Å². The molecule has 3 nitrogen and oxygen atoms in total. The van der Waals surface area contributed by atoms with Gasteiger partial charge in [0.25, 0.3) is 5.91 Å². The van der Waals surface area contributed by atoms with E-state index in [4.69, 9.17) is 27.9 Å². The van der Waals surface area contributed by atoms with Crippen LogP contribution in [0.4, 0.5) is 0 Å². The lowest BCUT2D eigenvalue weighted by molar-refractivity contribution is -0.127. The van der Waals surface area contributed by atoms with Crippen LogP contribution in [0.2, 0.25) is 10.0 Å². The number of benzene rings is 1. The summed E-state index contributed by atoms with van der Waals surface area (Å²) < 4.78 is 5.57. The van der Waals surface area contributed by atoms with E-state index in [0.717, 1.165) is 12.8 Å². The summed E-state index contributed by atoms with van der Waals surface area (Å²) in [5.41, 5.74) is 0. The van der Waals surface area contributed by atoms with Crippen molar-refractivity contribution in [2.45, 2.75) is 44.8 Å². The third kappa shape index (κ3) is 4.02. The predicted octanol–water partition coefficient (Wildman–Crippen LogP) is 3.82. The smallest absolute Gasteiger partial charge is 0.260 e. The molecule has 19 heavy (non-hydrogen) atoms. The van der Waals surface area contributed by atoms with Crippen LogP contribution in [-0.2, 0) is 4.79 Å². The molecular weight excluding hydrogens is 285 g/mol. The Kier molecular flexibility index (Phi) is 4.94. The highest BCUT2D eigenvalue weighted by Crippen LogP contribution is 2.27. The van der Waals surface area contributed by atoms with Crippen LogP contribution in [0.5, 0.6) is 5.75 Å². The quantitative estimate of drug-likeness (QED) is 0.918. The molecule has 0 bridgehead atoms. The monoisotopic (exact) mass is 301 g/mol. The lowest BCUT2D eigenvalue weighted by atomic mass is 10.2. The van der Waals surface area contributed by atoms with E-state index >= 15 is 0 Å². The minimum atomic E-state index is -0.544. The Hall–Kier alpha value is -0.930. The van der Waals surface area contributed by atoms with Crippen molar-refractivity contribution >= 4 is 29.1 Å². The maximum absolute atomic E-state index is 12.0. The summed E-state index contributed by atoms with van der Waals surface area (Å²) >= 11 is 11.7. The summed E-state index contributed by atoms with van der Waals surface area (Å²) in [6.07, 6.45) is 3.95. The molecule has 0 saturated heterocycles. The Morgan fingerprint density at radius 1 is 1.32 bits per heavy atom. The standard InChI is InChI=1S/C14H17Cl2NO2/c1-9(14(18)17-10-4-2-3-5-10)19-11-6-7-12(15)13(16)8-11/h6-10H,2-5H2,1H3,(H,17,18)/t9-/m0/s1. The van der Waals surface area contributed by atoms with Crippen molar-refractivity contribution in [3.05, 3.63) is 28.2 Å². The third-order valence-electron chi connectivity index (χ3n) is 3.27. The number of halogens is 2. The van der Waals surface area contributed by atoms with E-state index < -0.39 is 6.10 Å². The number of amides is 1. The van der Waals surface area contributed by atoms with Crippen molar-refractivity contribution in [2.75, 3.05) is 0 Å². The molecule has 0 aliphatic heterocycles. The highest BCUT2D eigenvalue weighted by Gasteiger charge is 2.21. The van der Waals surface area contributed by atoms with Crippen LogP contribution in [0.15, 0.2) is 18.2 Å². The van der Waals surface area contributed by atoms with Gasteiger partial charge in [-0.1, -0.05) is 36.0 Å². The van der Waals surface area contributed by atoms with Crippen molar-refractivity contribution in [2.24, 2.45) is 0 Å². The lowest BCUT2D eigenvalue weighted by Crippen LogP contribution is -2.41. The van der Waals surface area contributed by atoms with E-state index in [9.17, 15) is 4.79 Å². The Balaban J connectivity index is 1.90. The summed E-state index contributed by atoms with van der Waals surface area (Å²) in [4.78, 5) is 12.0. The number of ether oxygens (including phenoxy) is 1. The minimum Gasteiger partial charge on any atom is -0.481 e. The second-order valence-electron chi connectivity index (χ2n) is 4.83. The molecule has 1 atom stereocenters. The fourth-order valence-corrected chi connectivity index (χ4v) is 2.48. The number of carbonyl (C=O) groups excluding carboxylic acids is 1. The fraction of sp³-hybridized carbons (Fsp3) is 0.500. The van der Waals surface area contributed by atoms with Crippen LogP contribution in [0, 0.1) is 0 Å². The number of nitrogens with one attached hydrogen (secondary N) is 1. The van der Waals surface area contributed by atoms with Gasteiger partial charge in [0.2, 0.25) is 0 Å². The van der Waals surface area contributed by atoms with Gasteiger partial charge in [0, 0.05) is 12.1 Å². The van der Waals surface area contributed by atoms with E-state index in [1.165, 1.54) is 12.8 Å². The van der Waals surface area contributed by atoms with Crippen LogP contribution in [0.1, 0.15) is 32.6 Å². The van der Waals surface area contributed by atoms with Gasteiger partial charge in [-0.05, 0) is 31.9 Å². The summed E-state index contributed by atoms with van der Waals surface area (Å²) in [6, 6.07) is 5.27. The number of carbonyl (C=O) groups is 1. The van der Waals surface area contributed by atoms with Gasteiger partial charge in [-0.25, -0.2) is 0 Å². The highest BCUT2D eigenvalue weighted by atomic mass is 35.5. The van der Waals surface area contributed by atoms with Gasteiger partial charge in [-0.3, -0.25) is 4.79 Å². The molecule has 0 radical (unpaired) electrons. The molecule has 1 aromatic carbocycles. The Bertz CT molecular complexity index is 459. The molecule has 1 saturated carbocycles. The molecular formula is C14H17Cl2NO2. The molecule has 0 spiro atoms. The van der Waals surface area contributed by atoms with E-state index in [-0.39, 0.29) is 5.91 Å². The van der Waals surface area contributed by atoms with Gasteiger partial charge in [0.15, 0.2) is 6.10 Å². The first kappa shape index (κ1) is 14.5. The van der Waals surface area contributed by atoms with Crippen molar-refractivity contribution in [3.8, 4) is 5.75 Å². The number of hydrogen-bond acceptors (Lipinski definition) is 2. The average molecular weight is 302 g/mol. The summed E-state index contributed by atoms with van der Waals surface area (Å²) in [7, 11) is 0. The second kappa shape index (κ2) is 6.49. The van der Waals surface area contributed by atoms with E-state index in [2.05, 4.69) is 5.32 Å². The van der Waals surface area contributed by atoms with Crippen LogP contribution in [0.25, 0.3) is 0 Å². The Morgan fingerprint density at radius 3 is 2.63 bits per heavy atom. The van der Waals surface area contributed by atoms with Crippen molar-refractivity contribution in [1.29, 1.82) is 0 Å². The molecule has 1 aliphatic rings. The maximum atomic E-state index is 12.0. The molecule has 1 aromatic rings. The van der Waals surface area contributed by atoms with Gasteiger partial charge in [-0.2, -0.15) is 0 Å². The average Bonchev–Trinajstić information content (AvgIpc) is 2.86. The van der Waals surface area contributed by atoms with Gasteiger partial charge in [-0.15, -0.1) is 0 Å². The Morgan fingerprint density at radius 2 is 2.00 bits per heavy atom. The lowest BCUT2D eigenvalue weighted by Gasteiger charge is -2.18. The molecule has 1 fully saturated rings. The number of rotatable bonds is 4. The molecule has 0 unspecified atom stereocenters. The van der Waals surface area contributed by atoms with Crippen LogP contribution in [-0.4, -0.2) is 18.1 Å². The first-order valence-corrected chi connectivity index (χ1v) is 7.24. The normalized spacial score (nSPS) is 17.2. The first-order valence-electron chi connectivity index (χ1n) is 6.48. The molecule has 2 rings (SSSR count). The van der Waals surface area contributed by atoms with Gasteiger partial charge in [0.05, 0.1) is 10.0 Å². The van der Waals surface area contributed by atoms with Crippen LogP contribution < -0.4 is 10.1 Å². The second-order valence-corrected chi connectivity index (χ2v) is 5.64. The van der Waals surface area contributed by atoms with Crippen molar-refractivity contribution in [3.63, 3.8) is 0 Å². The van der Waals surface area contributed by atoms with E-state index in [1.54, 1.807) is 25.1 Å². The first-order chi connectivity index (χ1) is 9.06. The zero-order valence-electron chi connectivity index (χ0n) is 10.8. The molecule has 5 heteroatoms. The van der Waals surface area contributed by atoms with E-state index in [0.29, 0.717) is 21.8 Å². The van der Waals surface area contributed by atoms with Gasteiger partial charge in [0.1, 0.15) is 5.75 Å². The van der Waals surface area contributed by atoms with Crippen molar-refractivity contribution < 1.29 is 9.53 Å². The van der Waals surface area contributed by atoms with Crippen LogP contribution >= 0.6 is 23.2 Å². The third-order valence-corrected chi connectivity index (χ3v) is 4.01. The largest absolute Gasteiger partial charge is 0.481 e. The fourth-order valence-electron chi connectivity index (χ4n) is 2.20. The van der Waals surface area contributed by atoms with Crippen LogP contribution in [0.3, 0.4) is 0 Å². The molecule has 0 heterocycles.